The number of hydrogen-bond acceptors (Lipinski definition) is 6. The number of halogens is 2. The van der Waals surface area contributed by atoms with Gasteiger partial charge in [0.15, 0.2) is 0 Å². The van der Waals surface area contributed by atoms with E-state index < -0.39 is 52.3 Å². The van der Waals surface area contributed by atoms with Crippen molar-refractivity contribution in [3.8, 4) is 11.5 Å². The first-order valence-electron chi connectivity index (χ1n) is 12.3. The number of methoxy groups -OCH3 is 1. The number of benzene rings is 2. The number of rotatable bonds is 3. The van der Waals surface area contributed by atoms with E-state index in [9.17, 15) is 28.7 Å². The normalized spacial score (nSPS) is 25.7. The van der Waals surface area contributed by atoms with Crippen LogP contribution < -0.4 is 21.0 Å². The van der Waals surface area contributed by atoms with Gasteiger partial charge in [-0.1, -0.05) is 23.7 Å². The average molecular weight is 555 g/mol. The van der Waals surface area contributed by atoms with Crippen LogP contribution in [0.4, 0.5) is 10.1 Å². The molecule has 1 saturated carbocycles. The van der Waals surface area contributed by atoms with Gasteiger partial charge < -0.3 is 9.84 Å². The van der Waals surface area contributed by atoms with Gasteiger partial charge in [0.2, 0.25) is 11.8 Å². The molecule has 0 radical (unpaired) electrons. The molecule has 3 aromatic rings. The Hall–Kier alpha value is -4.12. The summed E-state index contributed by atoms with van der Waals surface area (Å²) in [4.78, 5) is 55.2. The molecule has 2 aliphatic heterocycles. The van der Waals surface area contributed by atoms with E-state index in [1.807, 2.05) is 6.08 Å². The Morgan fingerprint density at radius 2 is 1.85 bits per heavy atom. The van der Waals surface area contributed by atoms with E-state index in [1.165, 1.54) is 47.8 Å². The lowest BCUT2D eigenvalue weighted by atomic mass is 9.56. The molecule has 1 aromatic heterocycles. The van der Waals surface area contributed by atoms with E-state index in [0.717, 1.165) is 15.5 Å². The summed E-state index contributed by atoms with van der Waals surface area (Å²) in [5.41, 5.74) is -1.00. The monoisotopic (exact) mass is 554 g/mol. The molecule has 2 fully saturated rings. The number of allylic oxidation sites excluding steroid dienone is 2. The van der Waals surface area contributed by atoms with Crippen molar-refractivity contribution in [1.29, 1.82) is 0 Å². The third-order valence-electron chi connectivity index (χ3n) is 8.42. The number of aromatic nitrogens is 3. The zero-order valence-electron chi connectivity index (χ0n) is 21.2. The molecule has 12 heteroatoms. The van der Waals surface area contributed by atoms with E-state index in [1.54, 1.807) is 13.0 Å². The van der Waals surface area contributed by atoms with Gasteiger partial charge in [-0.25, -0.2) is 32.8 Å². The zero-order chi connectivity index (χ0) is 28.0. The molecule has 1 aliphatic carbocycles. The molecule has 39 heavy (non-hydrogen) atoms. The predicted octanol–water partition coefficient (Wildman–Crippen LogP) is 2.72. The molecule has 10 nitrogen and oxygen atoms in total. The molecule has 0 spiro atoms. The number of carbonyl (C=O) groups excluding carboxylic acids is 2. The van der Waals surface area contributed by atoms with Gasteiger partial charge >= 0.3 is 11.4 Å². The Labute approximate surface area is 226 Å². The molecular formula is C27H24ClFN4O6. The molecule has 1 N–H and O–H groups in total. The number of ether oxygens (including phenoxy) is 1. The minimum atomic E-state index is -1.34. The molecule has 3 aliphatic rings. The molecule has 0 bridgehead atoms. The molecule has 6 rings (SSSR count). The van der Waals surface area contributed by atoms with Crippen molar-refractivity contribution in [3.05, 3.63) is 85.4 Å². The number of carbonyl (C=O) groups is 2. The lowest BCUT2D eigenvalue weighted by Gasteiger charge is -2.47. The van der Waals surface area contributed by atoms with Crippen molar-refractivity contribution in [3.63, 3.8) is 0 Å². The first-order valence-corrected chi connectivity index (χ1v) is 12.7. The lowest BCUT2D eigenvalue weighted by molar-refractivity contribution is -0.129. The van der Waals surface area contributed by atoms with Gasteiger partial charge in [-0.3, -0.25) is 9.59 Å². The van der Waals surface area contributed by atoms with Crippen molar-refractivity contribution in [2.45, 2.75) is 31.8 Å². The minimum absolute atomic E-state index is 0.0493. The number of imide groups is 1. The number of amides is 2. The number of fused-ring (bicyclic) bond motifs is 4. The molecule has 1 saturated heterocycles. The fraction of sp³-hybridized carbons (Fsp3) is 0.333. The van der Waals surface area contributed by atoms with Crippen LogP contribution in [0.5, 0.6) is 11.5 Å². The Bertz CT molecular complexity index is 1740. The van der Waals surface area contributed by atoms with Crippen LogP contribution in [-0.4, -0.2) is 38.0 Å². The van der Waals surface area contributed by atoms with Gasteiger partial charge in [0.05, 0.1) is 41.7 Å². The van der Waals surface area contributed by atoms with Crippen LogP contribution in [0.15, 0.2) is 57.6 Å². The highest BCUT2D eigenvalue weighted by atomic mass is 35.5. The summed E-state index contributed by atoms with van der Waals surface area (Å²) in [6.07, 6.45) is 1.90. The number of hydrogen-bond donors (Lipinski definition) is 1. The second-order valence-corrected chi connectivity index (χ2v) is 10.7. The maximum atomic E-state index is 14.3. The van der Waals surface area contributed by atoms with E-state index >= 15 is 0 Å². The van der Waals surface area contributed by atoms with Crippen LogP contribution in [0.3, 0.4) is 0 Å². The van der Waals surface area contributed by atoms with Crippen LogP contribution in [0.25, 0.3) is 0 Å². The summed E-state index contributed by atoms with van der Waals surface area (Å²) in [5.74, 6) is -3.13. The highest BCUT2D eigenvalue weighted by Gasteiger charge is 2.65. The van der Waals surface area contributed by atoms with Crippen LogP contribution in [0, 0.1) is 17.2 Å². The molecular weight excluding hydrogens is 531 g/mol. The largest absolute Gasteiger partial charge is 0.508 e. The number of aromatic hydroxyl groups is 1. The standard InChI is InChI=1S/C27H24ClFN4O6/c1-27-17(23(35)32(24(27)36)13-4-7-19(29)18(28)10-13)12-20-15(8-9-31-25(37)30(2)26(38)33(20)31)22(27)16-6-5-14(34)11-21(16)39-3/h4-8,10-11,17,20,22,34H,9,12H2,1-3H3/t17-,20+,22+,27+/m0/s1. The Balaban J connectivity index is 1.60. The molecule has 4 atom stereocenters. The van der Waals surface area contributed by atoms with Gasteiger partial charge in [-0.05, 0) is 43.2 Å². The summed E-state index contributed by atoms with van der Waals surface area (Å²) < 4.78 is 23.2. The SMILES string of the molecule is COc1cc(O)ccc1[C@H]1C2=CCn3c(=O)n(C)c(=O)n3[C@@H]2C[C@H]2C(=O)N(c3ccc(F)c(Cl)c3)C(=O)[C@@]12C. The summed E-state index contributed by atoms with van der Waals surface area (Å²) in [5, 5.41) is 9.90. The third kappa shape index (κ3) is 3.25. The van der Waals surface area contributed by atoms with Crippen LogP contribution in [-0.2, 0) is 23.2 Å². The van der Waals surface area contributed by atoms with Gasteiger partial charge in [0.25, 0.3) is 0 Å². The fourth-order valence-corrected chi connectivity index (χ4v) is 6.71. The van der Waals surface area contributed by atoms with Crippen LogP contribution >= 0.6 is 11.6 Å². The summed E-state index contributed by atoms with van der Waals surface area (Å²) in [6, 6.07) is 7.46. The second-order valence-electron chi connectivity index (χ2n) is 10.3. The summed E-state index contributed by atoms with van der Waals surface area (Å²) in [7, 11) is 2.82. The topological polar surface area (TPSA) is 116 Å². The first-order chi connectivity index (χ1) is 18.5. The maximum Gasteiger partial charge on any atom is 0.347 e. The molecule has 2 amide bonds. The smallest absolute Gasteiger partial charge is 0.347 e. The number of nitrogens with zero attached hydrogens (tertiary/aromatic N) is 4. The van der Waals surface area contributed by atoms with Crippen molar-refractivity contribution in [2.75, 3.05) is 12.0 Å². The van der Waals surface area contributed by atoms with Gasteiger partial charge in [0, 0.05) is 24.6 Å². The van der Waals surface area contributed by atoms with Crippen molar-refractivity contribution >= 4 is 29.1 Å². The Morgan fingerprint density at radius 1 is 1.10 bits per heavy atom. The van der Waals surface area contributed by atoms with E-state index in [4.69, 9.17) is 16.3 Å². The fourth-order valence-electron chi connectivity index (χ4n) is 6.54. The highest BCUT2D eigenvalue weighted by Crippen LogP contribution is 2.62. The lowest BCUT2D eigenvalue weighted by Crippen LogP contribution is -2.49. The molecule has 202 valence electrons. The molecule has 2 aromatic carbocycles. The van der Waals surface area contributed by atoms with Crippen LogP contribution in [0.2, 0.25) is 5.02 Å². The van der Waals surface area contributed by atoms with E-state index in [2.05, 4.69) is 0 Å². The Morgan fingerprint density at radius 3 is 2.54 bits per heavy atom. The third-order valence-corrected chi connectivity index (χ3v) is 8.71. The Kier molecular flexibility index (Phi) is 5.45. The van der Waals surface area contributed by atoms with Crippen LogP contribution in [0.1, 0.15) is 30.9 Å². The quantitative estimate of drug-likeness (QED) is 0.393. The van der Waals surface area contributed by atoms with Crippen molar-refractivity contribution in [1.82, 2.24) is 13.9 Å². The number of phenolic OH excluding ortho intramolecular Hbond substituents is 1. The van der Waals surface area contributed by atoms with Gasteiger partial charge in [-0.2, -0.15) is 0 Å². The average Bonchev–Trinajstić information content (AvgIpc) is 3.25. The van der Waals surface area contributed by atoms with Gasteiger partial charge in [-0.15, -0.1) is 0 Å². The predicted molar refractivity (Wildman–Crippen MR) is 139 cm³/mol. The maximum absolute atomic E-state index is 14.3. The van der Waals surface area contributed by atoms with Crippen molar-refractivity contribution < 1.29 is 23.8 Å². The number of phenols is 1. The first kappa shape index (κ1) is 25.2. The highest BCUT2D eigenvalue weighted by molar-refractivity contribution is 6.31. The van der Waals surface area contributed by atoms with E-state index in [-0.39, 0.29) is 29.4 Å². The molecule has 3 heterocycles. The summed E-state index contributed by atoms with van der Waals surface area (Å²) in [6.45, 7) is 1.80. The van der Waals surface area contributed by atoms with E-state index in [0.29, 0.717) is 16.9 Å². The molecule has 0 unspecified atom stereocenters. The van der Waals surface area contributed by atoms with Gasteiger partial charge in [0.1, 0.15) is 17.3 Å². The second kappa shape index (κ2) is 8.44. The summed E-state index contributed by atoms with van der Waals surface area (Å²) >= 11 is 6.00. The minimum Gasteiger partial charge on any atom is -0.508 e. The number of anilines is 1. The van der Waals surface area contributed by atoms with Crippen molar-refractivity contribution in [2.24, 2.45) is 18.4 Å². The zero-order valence-corrected chi connectivity index (χ0v) is 22.0.